The van der Waals surface area contributed by atoms with E-state index in [0.717, 1.165) is 17.7 Å². The quantitative estimate of drug-likeness (QED) is 0.848. The maximum absolute atomic E-state index is 10.1. The van der Waals surface area contributed by atoms with Gasteiger partial charge in [0, 0.05) is 6.20 Å². The van der Waals surface area contributed by atoms with Crippen molar-refractivity contribution in [2.75, 3.05) is 0 Å². The van der Waals surface area contributed by atoms with E-state index in [4.69, 9.17) is 0 Å². The molecule has 1 aromatic carbocycles. The van der Waals surface area contributed by atoms with E-state index in [9.17, 15) is 5.11 Å². The predicted molar refractivity (Wildman–Crippen MR) is 67.6 cm³/mol. The van der Waals surface area contributed by atoms with Gasteiger partial charge in [-0.3, -0.25) is 5.10 Å². The van der Waals surface area contributed by atoms with Gasteiger partial charge in [0.05, 0.1) is 5.69 Å². The standard InChI is InChI=1S/C14H18N2O/c1-10(2)9-11-3-5-12(6-4-11)14(17)13-7-8-15-16-13/h3-8,10,14,17H,9H2,1-2H3,(H,15,16). The molecule has 0 saturated carbocycles. The maximum Gasteiger partial charge on any atom is 0.120 e. The number of aromatic amines is 1. The van der Waals surface area contributed by atoms with Gasteiger partial charge < -0.3 is 5.11 Å². The number of H-pyrrole nitrogens is 1. The van der Waals surface area contributed by atoms with Crippen LogP contribution in [0, 0.1) is 5.92 Å². The molecule has 1 atom stereocenters. The SMILES string of the molecule is CC(C)Cc1ccc(C(O)c2ccn[nH]2)cc1. The van der Waals surface area contributed by atoms with Crippen LogP contribution in [0.3, 0.4) is 0 Å². The van der Waals surface area contributed by atoms with Gasteiger partial charge in [-0.1, -0.05) is 38.1 Å². The van der Waals surface area contributed by atoms with Gasteiger partial charge in [-0.25, -0.2) is 0 Å². The summed E-state index contributed by atoms with van der Waals surface area (Å²) < 4.78 is 0. The molecule has 0 spiro atoms. The van der Waals surface area contributed by atoms with Crippen molar-refractivity contribution in [3.8, 4) is 0 Å². The van der Waals surface area contributed by atoms with Crippen molar-refractivity contribution >= 4 is 0 Å². The molecule has 90 valence electrons. The Hall–Kier alpha value is -1.61. The highest BCUT2D eigenvalue weighted by Crippen LogP contribution is 2.20. The lowest BCUT2D eigenvalue weighted by Gasteiger charge is -2.10. The fraction of sp³-hybridized carbons (Fsp3) is 0.357. The number of aliphatic hydroxyl groups excluding tert-OH is 1. The second-order valence-electron chi connectivity index (χ2n) is 4.75. The van der Waals surface area contributed by atoms with E-state index in [1.54, 1.807) is 12.3 Å². The first-order valence-corrected chi connectivity index (χ1v) is 5.93. The second kappa shape index (κ2) is 5.15. The van der Waals surface area contributed by atoms with Crippen molar-refractivity contribution < 1.29 is 5.11 Å². The molecule has 1 unspecified atom stereocenters. The van der Waals surface area contributed by atoms with Crippen LogP contribution >= 0.6 is 0 Å². The molecule has 17 heavy (non-hydrogen) atoms. The average molecular weight is 230 g/mol. The summed E-state index contributed by atoms with van der Waals surface area (Å²) in [6.07, 6.45) is 2.09. The number of rotatable bonds is 4. The third-order valence-corrected chi connectivity index (χ3v) is 2.76. The van der Waals surface area contributed by atoms with Crippen molar-refractivity contribution in [1.29, 1.82) is 0 Å². The van der Waals surface area contributed by atoms with Crippen molar-refractivity contribution in [3.63, 3.8) is 0 Å². The number of hydrogen-bond acceptors (Lipinski definition) is 2. The number of benzene rings is 1. The van der Waals surface area contributed by atoms with E-state index < -0.39 is 6.10 Å². The van der Waals surface area contributed by atoms with E-state index in [1.165, 1.54) is 5.56 Å². The van der Waals surface area contributed by atoms with Crippen molar-refractivity contribution in [1.82, 2.24) is 10.2 Å². The van der Waals surface area contributed by atoms with Crippen molar-refractivity contribution in [2.45, 2.75) is 26.4 Å². The van der Waals surface area contributed by atoms with E-state index in [2.05, 4.69) is 36.2 Å². The molecule has 0 aliphatic rings. The number of aliphatic hydroxyl groups is 1. The summed E-state index contributed by atoms with van der Waals surface area (Å²) in [5.41, 5.74) is 2.92. The van der Waals surface area contributed by atoms with Crippen LogP contribution in [0.5, 0.6) is 0 Å². The number of nitrogens with zero attached hydrogens (tertiary/aromatic N) is 1. The Balaban J connectivity index is 2.12. The molecule has 1 aromatic heterocycles. The van der Waals surface area contributed by atoms with Crippen LogP contribution in [0.25, 0.3) is 0 Å². The summed E-state index contributed by atoms with van der Waals surface area (Å²) in [7, 11) is 0. The first kappa shape index (κ1) is 11.9. The summed E-state index contributed by atoms with van der Waals surface area (Å²) in [5, 5.41) is 16.7. The van der Waals surface area contributed by atoms with Crippen LogP contribution in [0.15, 0.2) is 36.5 Å². The van der Waals surface area contributed by atoms with Gasteiger partial charge >= 0.3 is 0 Å². The third-order valence-electron chi connectivity index (χ3n) is 2.76. The highest BCUT2D eigenvalue weighted by Gasteiger charge is 2.11. The molecular formula is C14H18N2O. The Morgan fingerprint density at radius 2 is 1.88 bits per heavy atom. The number of hydrogen-bond donors (Lipinski definition) is 2. The van der Waals surface area contributed by atoms with Crippen LogP contribution in [-0.2, 0) is 6.42 Å². The van der Waals surface area contributed by atoms with E-state index >= 15 is 0 Å². The highest BCUT2D eigenvalue weighted by atomic mass is 16.3. The summed E-state index contributed by atoms with van der Waals surface area (Å²) in [5.74, 6) is 0.651. The Kier molecular flexibility index (Phi) is 3.59. The van der Waals surface area contributed by atoms with Crippen molar-refractivity contribution in [3.05, 3.63) is 53.3 Å². The second-order valence-corrected chi connectivity index (χ2v) is 4.75. The monoisotopic (exact) mass is 230 g/mol. The van der Waals surface area contributed by atoms with Gasteiger partial charge in [0.25, 0.3) is 0 Å². The Morgan fingerprint density at radius 3 is 2.41 bits per heavy atom. The van der Waals surface area contributed by atoms with E-state index in [1.807, 2.05) is 12.1 Å². The van der Waals surface area contributed by atoms with Gasteiger partial charge in [0.1, 0.15) is 6.10 Å². The van der Waals surface area contributed by atoms with Crippen LogP contribution in [-0.4, -0.2) is 15.3 Å². The zero-order valence-electron chi connectivity index (χ0n) is 10.2. The van der Waals surface area contributed by atoms with Crippen LogP contribution in [0.1, 0.15) is 36.8 Å². The van der Waals surface area contributed by atoms with Crippen LogP contribution in [0.2, 0.25) is 0 Å². The first-order chi connectivity index (χ1) is 8.16. The van der Waals surface area contributed by atoms with E-state index in [-0.39, 0.29) is 0 Å². The topological polar surface area (TPSA) is 48.9 Å². The molecular weight excluding hydrogens is 212 g/mol. The molecule has 0 radical (unpaired) electrons. The zero-order chi connectivity index (χ0) is 12.3. The molecule has 0 amide bonds. The van der Waals surface area contributed by atoms with Gasteiger partial charge in [0.15, 0.2) is 0 Å². The fourth-order valence-corrected chi connectivity index (χ4v) is 1.91. The maximum atomic E-state index is 10.1. The fourth-order valence-electron chi connectivity index (χ4n) is 1.91. The summed E-state index contributed by atoms with van der Waals surface area (Å²) in [6.45, 7) is 4.40. The Morgan fingerprint density at radius 1 is 1.18 bits per heavy atom. The molecule has 0 aliphatic heterocycles. The first-order valence-electron chi connectivity index (χ1n) is 5.93. The minimum Gasteiger partial charge on any atom is -0.382 e. The predicted octanol–water partition coefficient (Wildman–Crippen LogP) is 2.69. The zero-order valence-corrected chi connectivity index (χ0v) is 10.2. The van der Waals surface area contributed by atoms with Crippen LogP contribution in [0.4, 0.5) is 0 Å². The minimum absolute atomic E-state index is 0.620. The van der Waals surface area contributed by atoms with Gasteiger partial charge in [-0.2, -0.15) is 5.10 Å². The highest BCUT2D eigenvalue weighted by molar-refractivity contribution is 5.28. The summed E-state index contributed by atoms with van der Waals surface area (Å²) in [4.78, 5) is 0. The molecule has 0 bridgehead atoms. The molecule has 0 saturated heterocycles. The van der Waals surface area contributed by atoms with Gasteiger partial charge in [0.2, 0.25) is 0 Å². The number of aromatic nitrogens is 2. The molecule has 2 rings (SSSR count). The smallest absolute Gasteiger partial charge is 0.120 e. The molecule has 2 aromatic rings. The summed E-state index contributed by atoms with van der Waals surface area (Å²) >= 11 is 0. The number of nitrogens with one attached hydrogen (secondary N) is 1. The molecule has 1 heterocycles. The molecule has 2 N–H and O–H groups in total. The lowest BCUT2D eigenvalue weighted by molar-refractivity contribution is 0.215. The van der Waals surface area contributed by atoms with Gasteiger partial charge in [-0.15, -0.1) is 0 Å². The largest absolute Gasteiger partial charge is 0.382 e. The Labute approximate surface area is 102 Å². The lowest BCUT2D eigenvalue weighted by atomic mass is 9.99. The average Bonchev–Trinajstić information content (AvgIpc) is 2.82. The Bertz CT molecular complexity index is 446. The van der Waals surface area contributed by atoms with E-state index in [0.29, 0.717) is 5.92 Å². The minimum atomic E-state index is -0.620. The molecule has 0 aliphatic carbocycles. The molecule has 3 nitrogen and oxygen atoms in total. The lowest BCUT2D eigenvalue weighted by Crippen LogP contribution is -2.01. The van der Waals surface area contributed by atoms with Gasteiger partial charge in [-0.05, 0) is 29.5 Å². The third kappa shape index (κ3) is 2.94. The normalized spacial score (nSPS) is 12.9. The summed E-state index contributed by atoms with van der Waals surface area (Å²) in [6, 6.07) is 9.89. The van der Waals surface area contributed by atoms with Crippen molar-refractivity contribution in [2.24, 2.45) is 5.92 Å². The molecule has 0 fully saturated rings. The molecule has 3 heteroatoms. The van der Waals surface area contributed by atoms with Crippen LogP contribution < -0.4 is 0 Å².